The predicted octanol–water partition coefficient (Wildman–Crippen LogP) is 6.66. The van der Waals surface area contributed by atoms with Crippen LogP contribution in [0, 0.1) is 11.8 Å². The molecule has 0 fully saturated rings. The summed E-state index contributed by atoms with van der Waals surface area (Å²) < 4.78 is 6.19. The molecule has 0 N–H and O–H groups in total. The normalized spacial score (nSPS) is 11.2. The number of rotatable bonds is 8. The zero-order valence-electron chi connectivity index (χ0n) is 15.0. The van der Waals surface area contributed by atoms with E-state index in [2.05, 4.69) is 45.9 Å². The minimum Gasteiger partial charge on any atom is -0.457 e. The molecule has 0 radical (unpaired) electrons. The largest absolute Gasteiger partial charge is 0.457 e. The third kappa shape index (κ3) is 5.74. The van der Waals surface area contributed by atoms with Crippen molar-refractivity contribution in [3.05, 3.63) is 59.7 Å². The third-order valence-corrected chi connectivity index (χ3v) is 4.16. The highest BCUT2D eigenvalue weighted by molar-refractivity contribution is 5.43. The van der Waals surface area contributed by atoms with Crippen LogP contribution < -0.4 is 4.74 Å². The summed E-state index contributed by atoms with van der Waals surface area (Å²) in [5, 5.41) is 0. The number of benzene rings is 2. The van der Waals surface area contributed by atoms with Crippen LogP contribution in [-0.2, 0) is 12.8 Å². The van der Waals surface area contributed by atoms with Crippen LogP contribution in [0.4, 0.5) is 0 Å². The van der Waals surface area contributed by atoms with E-state index in [1.54, 1.807) is 0 Å². The molecule has 23 heavy (non-hydrogen) atoms. The van der Waals surface area contributed by atoms with E-state index in [1.807, 2.05) is 30.3 Å². The summed E-state index contributed by atoms with van der Waals surface area (Å²) in [6.45, 7) is 9.15. The SMILES string of the molecule is CC(C)CCc1cccc(Oc2ccccc2)c1CCC(C)C. The summed E-state index contributed by atoms with van der Waals surface area (Å²) in [7, 11) is 0. The lowest BCUT2D eigenvalue weighted by molar-refractivity contribution is 0.469. The number of hydrogen-bond donors (Lipinski definition) is 0. The van der Waals surface area contributed by atoms with Gasteiger partial charge in [-0.2, -0.15) is 0 Å². The summed E-state index contributed by atoms with van der Waals surface area (Å²) in [5.41, 5.74) is 2.85. The molecule has 0 spiro atoms. The molecular formula is C22H30O. The van der Waals surface area contributed by atoms with Crippen molar-refractivity contribution in [2.45, 2.75) is 53.4 Å². The highest BCUT2D eigenvalue weighted by Crippen LogP contribution is 2.30. The molecule has 0 heterocycles. The highest BCUT2D eigenvalue weighted by Gasteiger charge is 2.12. The molecule has 0 atom stereocenters. The van der Waals surface area contributed by atoms with Crippen molar-refractivity contribution in [2.75, 3.05) is 0 Å². The molecule has 0 amide bonds. The Morgan fingerprint density at radius 3 is 2.04 bits per heavy atom. The minimum absolute atomic E-state index is 0.706. The van der Waals surface area contributed by atoms with Crippen LogP contribution in [-0.4, -0.2) is 0 Å². The van der Waals surface area contributed by atoms with Gasteiger partial charge in [0.05, 0.1) is 0 Å². The number of aryl methyl sites for hydroxylation is 1. The highest BCUT2D eigenvalue weighted by atomic mass is 16.5. The molecule has 0 aliphatic heterocycles. The van der Waals surface area contributed by atoms with Crippen LogP contribution in [0.5, 0.6) is 11.5 Å². The second-order valence-electron chi connectivity index (χ2n) is 7.17. The van der Waals surface area contributed by atoms with Crippen LogP contribution >= 0.6 is 0 Å². The van der Waals surface area contributed by atoms with Gasteiger partial charge in [-0.1, -0.05) is 58.0 Å². The van der Waals surface area contributed by atoms with Crippen molar-refractivity contribution in [3.63, 3.8) is 0 Å². The van der Waals surface area contributed by atoms with E-state index in [9.17, 15) is 0 Å². The van der Waals surface area contributed by atoms with Gasteiger partial charge >= 0.3 is 0 Å². The van der Waals surface area contributed by atoms with Crippen LogP contribution in [0.25, 0.3) is 0 Å². The van der Waals surface area contributed by atoms with Crippen molar-refractivity contribution in [3.8, 4) is 11.5 Å². The number of ether oxygens (including phenoxy) is 1. The maximum Gasteiger partial charge on any atom is 0.130 e. The Balaban J connectivity index is 2.25. The Morgan fingerprint density at radius 2 is 1.39 bits per heavy atom. The number of hydrogen-bond acceptors (Lipinski definition) is 1. The third-order valence-electron chi connectivity index (χ3n) is 4.16. The molecule has 1 nitrogen and oxygen atoms in total. The molecular weight excluding hydrogens is 280 g/mol. The summed E-state index contributed by atoms with van der Waals surface area (Å²) >= 11 is 0. The minimum atomic E-state index is 0.706. The van der Waals surface area contributed by atoms with Crippen molar-refractivity contribution in [1.82, 2.24) is 0 Å². The van der Waals surface area contributed by atoms with Gasteiger partial charge in [-0.3, -0.25) is 0 Å². The molecule has 0 saturated heterocycles. The summed E-state index contributed by atoms with van der Waals surface area (Å²) in [5.74, 6) is 3.38. The Hall–Kier alpha value is -1.76. The van der Waals surface area contributed by atoms with Crippen molar-refractivity contribution < 1.29 is 4.74 Å². The fourth-order valence-electron chi connectivity index (χ4n) is 2.72. The average Bonchev–Trinajstić information content (AvgIpc) is 2.52. The lowest BCUT2D eigenvalue weighted by Gasteiger charge is -2.17. The van der Waals surface area contributed by atoms with E-state index in [1.165, 1.54) is 24.0 Å². The van der Waals surface area contributed by atoms with E-state index >= 15 is 0 Å². The smallest absolute Gasteiger partial charge is 0.130 e. The predicted molar refractivity (Wildman–Crippen MR) is 99.3 cm³/mol. The Labute approximate surface area is 141 Å². The van der Waals surface area contributed by atoms with E-state index in [-0.39, 0.29) is 0 Å². The summed E-state index contributed by atoms with van der Waals surface area (Å²) in [6.07, 6.45) is 4.65. The lowest BCUT2D eigenvalue weighted by atomic mass is 9.93. The molecule has 0 aliphatic rings. The number of para-hydroxylation sites is 1. The van der Waals surface area contributed by atoms with Gasteiger partial charge in [0, 0.05) is 0 Å². The van der Waals surface area contributed by atoms with Crippen molar-refractivity contribution in [2.24, 2.45) is 11.8 Å². The first kappa shape index (κ1) is 17.6. The maximum atomic E-state index is 6.19. The monoisotopic (exact) mass is 310 g/mol. The van der Waals surface area contributed by atoms with Crippen LogP contribution in [0.3, 0.4) is 0 Å². The molecule has 2 aromatic rings. The van der Waals surface area contributed by atoms with Gasteiger partial charge in [0.15, 0.2) is 0 Å². The van der Waals surface area contributed by atoms with Crippen molar-refractivity contribution in [1.29, 1.82) is 0 Å². The first-order chi connectivity index (χ1) is 11.1. The van der Waals surface area contributed by atoms with Crippen LogP contribution in [0.1, 0.15) is 51.7 Å². The summed E-state index contributed by atoms with van der Waals surface area (Å²) in [4.78, 5) is 0. The first-order valence-corrected chi connectivity index (χ1v) is 8.90. The molecule has 0 unspecified atom stereocenters. The molecule has 2 aromatic carbocycles. The van der Waals surface area contributed by atoms with Gasteiger partial charge in [0.2, 0.25) is 0 Å². The quantitative estimate of drug-likeness (QED) is 0.530. The topological polar surface area (TPSA) is 9.23 Å². The molecule has 0 saturated carbocycles. The lowest BCUT2D eigenvalue weighted by Crippen LogP contribution is -2.02. The van der Waals surface area contributed by atoms with Gasteiger partial charge in [0.25, 0.3) is 0 Å². The van der Waals surface area contributed by atoms with Gasteiger partial charge in [-0.15, -0.1) is 0 Å². The van der Waals surface area contributed by atoms with Crippen LogP contribution in [0.15, 0.2) is 48.5 Å². The van der Waals surface area contributed by atoms with Gasteiger partial charge < -0.3 is 4.74 Å². The molecule has 0 aliphatic carbocycles. The van der Waals surface area contributed by atoms with Gasteiger partial charge in [0.1, 0.15) is 11.5 Å². The van der Waals surface area contributed by atoms with Gasteiger partial charge in [-0.05, 0) is 66.8 Å². The van der Waals surface area contributed by atoms with E-state index < -0.39 is 0 Å². The van der Waals surface area contributed by atoms with Crippen molar-refractivity contribution >= 4 is 0 Å². The second-order valence-corrected chi connectivity index (χ2v) is 7.17. The molecule has 2 rings (SSSR count). The Bertz CT molecular complexity index is 584. The average molecular weight is 310 g/mol. The Kier molecular flexibility index (Phi) is 6.70. The summed E-state index contributed by atoms with van der Waals surface area (Å²) in [6, 6.07) is 16.6. The Morgan fingerprint density at radius 1 is 0.739 bits per heavy atom. The molecule has 1 heteroatoms. The molecule has 124 valence electrons. The first-order valence-electron chi connectivity index (χ1n) is 8.90. The molecule has 0 bridgehead atoms. The van der Waals surface area contributed by atoms with Gasteiger partial charge in [-0.25, -0.2) is 0 Å². The van der Waals surface area contributed by atoms with E-state index in [0.717, 1.165) is 30.3 Å². The zero-order valence-corrected chi connectivity index (χ0v) is 15.0. The standard InChI is InChI=1S/C22H30O/c1-17(2)13-15-19-9-8-12-22(21(19)16-14-18(3)4)23-20-10-6-5-7-11-20/h5-12,17-18H,13-16H2,1-4H3. The zero-order chi connectivity index (χ0) is 16.7. The van der Waals surface area contributed by atoms with Crippen LogP contribution in [0.2, 0.25) is 0 Å². The maximum absolute atomic E-state index is 6.19. The fraction of sp³-hybridized carbons (Fsp3) is 0.455. The molecule has 0 aromatic heterocycles. The second kappa shape index (κ2) is 8.76. The van der Waals surface area contributed by atoms with E-state index in [4.69, 9.17) is 4.74 Å². The van der Waals surface area contributed by atoms with E-state index in [0.29, 0.717) is 5.92 Å². The fourth-order valence-corrected chi connectivity index (χ4v) is 2.72.